The topological polar surface area (TPSA) is 82.6 Å². The first-order valence-electron chi connectivity index (χ1n) is 9.85. The molecule has 0 unspecified atom stereocenters. The van der Waals surface area contributed by atoms with Crippen molar-refractivity contribution in [1.29, 1.82) is 0 Å². The molecule has 1 fully saturated rings. The summed E-state index contributed by atoms with van der Waals surface area (Å²) in [7, 11) is 1.93. The van der Waals surface area contributed by atoms with Crippen molar-refractivity contribution in [2.24, 2.45) is 7.05 Å². The fourth-order valence-electron chi connectivity index (χ4n) is 3.98. The van der Waals surface area contributed by atoms with E-state index in [0.717, 1.165) is 49.3 Å². The Labute approximate surface area is 164 Å². The summed E-state index contributed by atoms with van der Waals surface area (Å²) in [5.74, 6) is 0.695. The molecule has 3 aromatic heterocycles. The summed E-state index contributed by atoms with van der Waals surface area (Å²) in [6.07, 6.45) is 5.88. The Bertz CT molecular complexity index is 1010. The Kier molecular flexibility index (Phi) is 5.13. The van der Waals surface area contributed by atoms with Gasteiger partial charge in [-0.2, -0.15) is 10.2 Å². The number of aryl methyl sites for hydroxylation is 3. The molecule has 0 radical (unpaired) electrons. The van der Waals surface area contributed by atoms with Gasteiger partial charge < -0.3 is 5.32 Å². The van der Waals surface area contributed by atoms with Crippen molar-refractivity contribution in [2.45, 2.75) is 58.2 Å². The lowest BCUT2D eigenvalue weighted by Gasteiger charge is -2.29. The van der Waals surface area contributed by atoms with E-state index in [-0.39, 0.29) is 11.6 Å². The maximum Gasteiger partial charge on any atom is 0.267 e. The van der Waals surface area contributed by atoms with E-state index < -0.39 is 0 Å². The highest BCUT2D eigenvalue weighted by molar-refractivity contribution is 5.24. The van der Waals surface area contributed by atoms with Crippen LogP contribution in [0.1, 0.15) is 48.8 Å². The summed E-state index contributed by atoms with van der Waals surface area (Å²) < 4.78 is 5.27. The molecule has 3 aromatic rings. The Morgan fingerprint density at radius 2 is 1.86 bits per heavy atom. The number of nitrogens with zero attached hydrogens (tertiary/aromatic N) is 6. The van der Waals surface area contributed by atoms with E-state index in [9.17, 15) is 4.79 Å². The standard InChI is InChI=1S/C20H27N7O/c1-14-12-15(2)26(22-14)19-8-9-20(28)27(24-19)18-6-4-16(5-7-18)21-13-17-10-11-25(3)23-17/h8-12,16,18,21H,4-7,13H2,1-3H3. The summed E-state index contributed by atoms with van der Waals surface area (Å²) in [6.45, 7) is 4.73. The number of rotatable bonds is 5. The monoisotopic (exact) mass is 381 g/mol. The van der Waals surface area contributed by atoms with Crippen molar-refractivity contribution in [3.05, 3.63) is 57.9 Å². The van der Waals surface area contributed by atoms with Gasteiger partial charge in [-0.1, -0.05) is 0 Å². The van der Waals surface area contributed by atoms with E-state index >= 15 is 0 Å². The molecule has 1 aliphatic rings. The second-order valence-electron chi connectivity index (χ2n) is 7.68. The maximum absolute atomic E-state index is 12.4. The molecule has 4 rings (SSSR count). The SMILES string of the molecule is Cc1cc(C)n(-c2ccc(=O)n(C3CCC(NCc4ccn(C)n4)CC3)n2)n1. The van der Waals surface area contributed by atoms with E-state index in [1.807, 2.05) is 43.9 Å². The molecule has 1 N–H and O–H groups in total. The summed E-state index contributed by atoms with van der Waals surface area (Å²) in [4.78, 5) is 12.4. The lowest BCUT2D eigenvalue weighted by atomic mass is 9.91. The Morgan fingerprint density at radius 3 is 2.50 bits per heavy atom. The van der Waals surface area contributed by atoms with Crippen molar-refractivity contribution < 1.29 is 0 Å². The van der Waals surface area contributed by atoms with E-state index in [1.54, 1.807) is 21.5 Å². The fourth-order valence-corrected chi connectivity index (χ4v) is 3.98. The van der Waals surface area contributed by atoms with Crippen LogP contribution in [0, 0.1) is 13.8 Å². The minimum Gasteiger partial charge on any atom is -0.308 e. The summed E-state index contributed by atoms with van der Waals surface area (Å²) >= 11 is 0. The minimum atomic E-state index is -0.0461. The third-order valence-corrected chi connectivity index (χ3v) is 5.42. The Balaban J connectivity index is 1.42. The Morgan fingerprint density at radius 1 is 1.07 bits per heavy atom. The van der Waals surface area contributed by atoms with Crippen LogP contribution in [0.15, 0.2) is 35.3 Å². The molecular weight excluding hydrogens is 354 g/mol. The molecule has 0 aliphatic heterocycles. The second kappa shape index (κ2) is 7.71. The van der Waals surface area contributed by atoms with Crippen LogP contribution in [0.5, 0.6) is 0 Å². The highest BCUT2D eigenvalue weighted by Gasteiger charge is 2.24. The molecule has 1 aliphatic carbocycles. The van der Waals surface area contributed by atoms with E-state index in [1.165, 1.54) is 0 Å². The van der Waals surface area contributed by atoms with Crippen molar-refractivity contribution >= 4 is 0 Å². The summed E-state index contributed by atoms with van der Waals surface area (Å²) in [5.41, 5.74) is 2.96. The van der Waals surface area contributed by atoms with Crippen LogP contribution in [0.2, 0.25) is 0 Å². The first kappa shape index (κ1) is 18.6. The lowest BCUT2D eigenvalue weighted by molar-refractivity contribution is 0.267. The maximum atomic E-state index is 12.4. The van der Waals surface area contributed by atoms with Crippen molar-refractivity contribution in [1.82, 2.24) is 34.7 Å². The van der Waals surface area contributed by atoms with Gasteiger partial charge in [-0.15, -0.1) is 5.10 Å². The van der Waals surface area contributed by atoms with Gasteiger partial charge in [0.25, 0.3) is 5.56 Å². The molecule has 0 saturated heterocycles. The molecule has 1 saturated carbocycles. The van der Waals surface area contributed by atoms with Crippen LogP contribution in [0.4, 0.5) is 0 Å². The lowest BCUT2D eigenvalue weighted by Crippen LogP contribution is -2.36. The van der Waals surface area contributed by atoms with Crippen LogP contribution >= 0.6 is 0 Å². The van der Waals surface area contributed by atoms with Gasteiger partial charge >= 0.3 is 0 Å². The van der Waals surface area contributed by atoms with Gasteiger partial charge in [0.15, 0.2) is 5.82 Å². The molecule has 28 heavy (non-hydrogen) atoms. The predicted octanol–water partition coefficient (Wildman–Crippen LogP) is 2.05. The van der Waals surface area contributed by atoms with Gasteiger partial charge in [-0.25, -0.2) is 9.36 Å². The molecule has 148 valence electrons. The molecule has 0 aromatic carbocycles. The van der Waals surface area contributed by atoms with E-state index in [4.69, 9.17) is 0 Å². The average Bonchev–Trinajstić information content (AvgIpc) is 3.25. The zero-order chi connectivity index (χ0) is 19.7. The molecule has 0 atom stereocenters. The van der Waals surface area contributed by atoms with Gasteiger partial charge in [-0.3, -0.25) is 9.48 Å². The van der Waals surface area contributed by atoms with Gasteiger partial charge in [0.1, 0.15) is 0 Å². The first-order valence-corrected chi connectivity index (χ1v) is 9.85. The van der Waals surface area contributed by atoms with Crippen LogP contribution in [0.25, 0.3) is 5.82 Å². The second-order valence-corrected chi connectivity index (χ2v) is 7.68. The molecular formula is C20H27N7O. The quantitative estimate of drug-likeness (QED) is 0.731. The van der Waals surface area contributed by atoms with Crippen LogP contribution in [0.3, 0.4) is 0 Å². The predicted molar refractivity (Wildman–Crippen MR) is 106 cm³/mol. The van der Waals surface area contributed by atoms with Crippen molar-refractivity contribution in [2.75, 3.05) is 0 Å². The first-order chi connectivity index (χ1) is 13.5. The molecule has 8 nitrogen and oxygen atoms in total. The summed E-state index contributed by atoms with van der Waals surface area (Å²) in [6, 6.07) is 7.98. The minimum absolute atomic E-state index is 0.0461. The normalized spacial score (nSPS) is 19.8. The number of nitrogens with one attached hydrogen (secondary N) is 1. The Hall–Kier alpha value is -2.74. The van der Waals surface area contributed by atoms with Gasteiger partial charge in [0.05, 0.1) is 17.4 Å². The molecule has 3 heterocycles. The number of hydrogen-bond acceptors (Lipinski definition) is 5. The van der Waals surface area contributed by atoms with E-state index in [0.29, 0.717) is 11.9 Å². The smallest absolute Gasteiger partial charge is 0.267 e. The van der Waals surface area contributed by atoms with Gasteiger partial charge in [0.2, 0.25) is 0 Å². The van der Waals surface area contributed by atoms with Crippen molar-refractivity contribution in [3.8, 4) is 5.82 Å². The number of aromatic nitrogens is 6. The van der Waals surface area contributed by atoms with Crippen LogP contribution in [-0.4, -0.2) is 35.4 Å². The fraction of sp³-hybridized carbons (Fsp3) is 0.500. The van der Waals surface area contributed by atoms with Gasteiger partial charge in [-0.05, 0) is 57.7 Å². The van der Waals surface area contributed by atoms with Crippen LogP contribution in [-0.2, 0) is 13.6 Å². The van der Waals surface area contributed by atoms with Crippen molar-refractivity contribution in [3.63, 3.8) is 0 Å². The molecule has 0 bridgehead atoms. The molecule has 0 spiro atoms. The molecule has 0 amide bonds. The zero-order valence-electron chi connectivity index (χ0n) is 16.7. The van der Waals surface area contributed by atoms with Gasteiger partial charge in [0, 0.05) is 37.6 Å². The summed E-state index contributed by atoms with van der Waals surface area (Å²) in [5, 5.41) is 17.1. The average molecular weight is 381 g/mol. The highest BCUT2D eigenvalue weighted by atomic mass is 16.1. The highest BCUT2D eigenvalue weighted by Crippen LogP contribution is 2.27. The van der Waals surface area contributed by atoms with E-state index in [2.05, 4.69) is 20.6 Å². The number of hydrogen-bond donors (Lipinski definition) is 1. The third-order valence-electron chi connectivity index (χ3n) is 5.42. The molecule has 8 heteroatoms. The zero-order valence-corrected chi connectivity index (χ0v) is 16.7. The largest absolute Gasteiger partial charge is 0.308 e. The van der Waals surface area contributed by atoms with Crippen LogP contribution < -0.4 is 10.9 Å². The third kappa shape index (κ3) is 3.91.